The Morgan fingerprint density at radius 1 is 1.35 bits per heavy atom. The number of thioether (sulfide) groups is 1. The van der Waals surface area contributed by atoms with Crippen LogP contribution in [0.2, 0.25) is 0 Å². The maximum absolute atomic E-state index is 12.4. The highest BCUT2D eigenvalue weighted by molar-refractivity contribution is 7.99. The number of halogens is 1. The summed E-state index contributed by atoms with van der Waals surface area (Å²) in [5, 5.41) is 10.6. The highest BCUT2D eigenvalue weighted by atomic mass is 35.5. The van der Waals surface area contributed by atoms with Gasteiger partial charge in [-0.15, -0.1) is 24.2 Å². The molecule has 142 valence electrons. The van der Waals surface area contributed by atoms with Gasteiger partial charge in [0.05, 0.1) is 5.25 Å². The minimum Gasteiger partial charge on any atom is -0.317 e. The van der Waals surface area contributed by atoms with Crippen LogP contribution in [0.5, 0.6) is 0 Å². The Morgan fingerprint density at radius 2 is 2.04 bits per heavy atom. The van der Waals surface area contributed by atoms with Crippen molar-refractivity contribution in [1.82, 2.24) is 20.1 Å². The number of carbonyl (C=O) groups is 1. The molecule has 0 radical (unpaired) electrons. The molecule has 1 aliphatic heterocycles. The summed E-state index contributed by atoms with van der Waals surface area (Å²) in [6, 6.07) is 10.2. The van der Waals surface area contributed by atoms with E-state index in [4.69, 9.17) is 0 Å². The maximum Gasteiger partial charge on any atom is 0.239 e. The third-order valence-electron chi connectivity index (χ3n) is 4.43. The molecule has 2 heterocycles. The van der Waals surface area contributed by atoms with Crippen molar-refractivity contribution >= 4 is 36.0 Å². The third kappa shape index (κ3) is 5.46. The Kier molecular flexibility index (Phi) is 7.93. The van der Waals surface area contributed by atoms with Gasteiger partial charge in [-0.2, -0.15) is 10.1 Å². The number of nitrogens with zero attached hydrogens (tertiary/aromatic N) is 3. The van der Waals surface area contributed by atoms with E-state index >= 15 is 0 Å². The lowest BCUT2D eigenvalue weighted by atomic mass is 9.98. The summed E-state index contributed by atoms with van der Waals surface area (Å²) < 4.78 is 1.67. The quantitative estimate of drug-likeness (QED) is 0.786. The molecule has 8 heteroatoms. The molecule has 2 N–H and O–H groups in total. The number of benzene rings is 1. The fourth-order valence-electron chi connectivity index (χ4n) is 2.85. The van der Waals surface area contributed by atoms with Gasteiger partial charge in [-0.25, -0.2) is 4.68 Å². The molecule has 0 saturated carbocycles. The SMILES string of the molecule is CC(SCc1ccccc1)C(=O)Nc1nc(C2CCNCC2)nn1C.Cl. The van der Waals surface area contributed by atoms with Crippen molar-refractivity contribution in [2.45, 2.75) is 36.7 Å². The molecule has 0 aliphatic carbocycles. The average molecular weight is 396 g/mol. The molecule has 1 amide bonds. The molecule has 1 unspecified atom stereocenters. The van der Waals surface area contributed by atoms with Gasteiger partial charge in [0.2, 0.25) is 11.9 Å². The van der Waals surface area contributed by atoms with E-state index in [2.05, 4.69) is 32.8 Å². The molecule has 2 aromatic rings. The van der Waals surface area contributed by atoms with Gasteiger partial charge in [-0.1, -0.05) is 30.3 Å². The molecule has 1 aromatic heterocycles. The molecule has 1 aliphatic rings. The van der Waals surface area contributed by atoms with Crippen molar-refractivity contribution in [2.75, 3.05) is 18.4 Å². The molecule has 3 rings (SSSR count). The van der Waals surface area contributed by atoms with Crippen LogP contribution in [-0.4, -0.2) is 39.0 Å². The van der Waals surface area contributed by atoms with E-state index in [1.54, 1.807) is 16.4 Å². The predicted molar refractivity (Wildman–Crippen MR) is 109 cm³/mol. The number of amides is 1. The summed E-state index contributed by atoms with van der Waals surface area (Å²) in [7, 11) is 1.83. The van der Waals surface area contributed by atoms with Crippen molar-refractivity contribution in [3.05, 3.63) is 41.7 Å². The standard InChI is InChI=1S/C18H25N5OS.ClH/c1-13(25-12-14-6-4-3-5-7-14)17(24)21-18-20-16(22-23(18)2)15-8-10-19-11-9-15;/h3-7,13,15,19H,8-12H2,1-2H3,(H,20,21,22,24);1H. The zero-order valence-electron chi connectivity index (χ0n) is 15.1. The van der Waals surface area contributed by atoms with Crippen LogP contribution >= 0.6 is 24.2 Å². The van der Waals surface area contributed by atoms with Crippen molar-refractivity contribution < 1.29 is 4.79 Å². The van der Waals surface area contributed by atoms with Gasteiger partial charge in [-0.05, 0) is 38.4 Å². The number of hydrogen-bond donors (Lipinski definition) is 2. The van der Waals surface area contributed by atoms with Crippen molar-refractivity contribution in [3.8, 4) is 0 Å². The molecular weight excluding hydrogens is 370 g/mol. The van der Waals surface area contributed by atoms with E-state index in [1.165, 1.54) is 5.56 Å². The lowest BCUT2D eigenvalue weighted by molar-refractivity contribution is -0.115. The number of piperidine rings is 1. The topological polar surface area (TPSA) is 71.8 Å². The Morgan fingerprint density at radius 3 is 2.73 bits per heavy atom. The maximum atomic E-state index is 12.4. The zero-order valence-corrected chi connectivity index (χ0v) is 16.8. The van der Waals surface area contributed by atoms with Gasteiger partial charge in [-0.3, -0.25) is 10.1 Å². The van der Waals surface area contributed by atoms with Gasteiger partial charge in [0.15, 0.2) is 5.82 Å². The molecular formula is C18H26ClN5OS. The van der Waals surface area contributed by atoms with Crippen LogP contribution in [0.25, 0.3) is 0 Å². The van der Waals surface area contributed by atoms with Gasteiger partial charge >= 0.3 is 0 Å². The van der Waals surface area contributed by atoms with Crippen LogP contribution in [0.4, 0.5) is 5.95 Å². The van der Waals surface area contributed by atoms with E-state index in [-0.39, 0.29) is 23.6 Å². The number of aryl methyl sites for hydroxylation is 1. The summed E-state index contributed by atoms with van der Waals surface area (Å²) >= 11 is 1.62. The van der Waals surface area contributed by atoms with E-state index in [1.807, 2.05) is 32.2 Å². The normalized spacial score (nSPS) is 15.9. The first kappa shape index (κ1) is 20.7. The summed E-state index contributed by atoms with van der Waals surface area (Å²) in [6.07, 6.45) is 2.08. The van der Waals surface area contributed by atoms with Gasteiger partial charge in [0, 0.05) is 18.7 Å². The van der Waals surface area contributed by atoms with E-state index in [9.17, 15) is 4.79 Å². The summed E-state index contributed by atoms with van der Waals surface area (Å²) in [6.45, 7) is 3.92. The molecule has 26 heavy (non-hydrogen) atoms. The van der Waals surface area contributed by atoms with Crippen LogP contribution in [-0.2, 0) is 17.6 Å². The van der Waals surface area contributed by atoms with E-state index in [0.29, 0.717) is 11.9 Å². The van der Waals surface area contributed by atoms with Crippen molar-refractivity contribution in [1.29, 1.82) is 0 Å². The molecule has 0 bridgehead atoms. The molecule has 1 atom stereocenters. The van der Waals surface area contributed by atoms with E-state index in [0.717, 1.165) is 37.5 Å². The Labute approximate surface area is 164 Å². The van der Waals surface area contributed by atoms with Crippen molar-refractivity contribution in [2.24, 2.45) is 7.05 Å². The smallest absolute Gasteiger partial charge is 0.239 e. The lowest BCUT2D eigenvalue weighted by Gasteiger charge is -2.19. The number of anilines is 1. The fraction of sp³-hybridized carbons (Fsp3) is 0.500. The van der Waals surface area contributed by atoms with Crippen LogP contribution in [0.15, 0.2) is 30.3 Å². The summed E-state index contributed by atoms with van der Waals surface area (Å²) in [5.74, 6) is 2.53. The molecule has 6 nitrogen and oxygen atoms in total. The van der Waals surface area contributed by atoms with Gasteiger partial charge in [0.1, 0.15) is 0 Å². The zero-order chi connectivity index (χ0) is 17.6. The van der Waals surface area contributed by atoms with Crippen LogP contribution < -0.4 is 10.6 Å². The Bertz CT molecular complexity index is 703. The minimum atomic E-state index is -0.153. The van der Waals surface area contributed by atoms with Crippen molar-refractivity contribution in [3.63, 3.8) is 0 Å². The first-order chi connectivity index (χ1) is 12.1. The first-order valence-electron chi connectivity index (χ1n) is 8.71. The molecule has 1 fully saturated rings. The minimum absolute atomic E-state index is 0. The summed E-state index contributed by atoms with van der Waals surface area (Å²) in [5.41, 5.74) is 1.22. The number of hydrogen-bond acceptors (Lipinski definition) is 5. The number of nitrogens with one attached hydrogen (secondary N) is 2. The third-order valence-corrected chi connectivity index (χ3v) is 5.64. The van der Waals surface area contributed by atoms with Crippen LogP contribution in [0.1, 0.15) is 37.1 Å². The molecule has 1 saturated heterocycles. The fourth-order valence-corrected chi connectivity index (χ4v) is 3.69. The van der Waals surface area contributed by atoms with Crippen LogP contribution in [0.3, 0.4) is 0 Å². The second-order valence-corrected chi connectivity index (χ2v) is 7.70. The predicted octanol–water partition coefficient (Wildman–Crippen LogP) is 2.96. The van der Waals surface area contributed by atoms with Gasteiger partial charge < -0.3 is 5.32 Å². The first-order valence-corrected chi connectivity index (χ1v) is 9.76. The largest absolute Gasteiger partial charge is 0.317 e. The Balaban J connectivity index is 0.00000243. The molecule has 0 spiro atoms. The Hall–Kier alpha value is -1.57. The number of aromatic nitrogens is 3. The van der Waals surface area contributed by atoms with Crippen LogP contribution in [0, 0.1) is 0 Å². The molecule has 1 aromatic carbocycles. The second kappa shape index (κ2) is 9.94. The second-order valence-electron chi connectivity index (χ2n) is 6.37. The monoisotopic (exact) mass is 395 g/mol. The van der Waals surface area contributed by atoms with Gasteiger partial charge in [0.25, 0.3) is 0 Å². The lowest BCUT2D eigenvalue weighted by Crippen LogP contribution is -2.27. The average Bonchev–Trinajstić information content (AvgIpc) is 3.02. The number of carbonyl (C=O) groups excluding carboxylic acids is 1. The van der Waals surface area contributed by atoms with E-state index < -0.39 is 0 Å². The number of rotatable bonds is 6. The highest BCUT2D eigenvalue weighted by Crippen LogP contribution is 2.24. The highest BCUT2D eigenvalue weighted by Gasteiger charge is 2.22. The summed E-state index contributed by atoms with van der Waals surface area (Å²) in [4.78, 5) is 17.0.